The quantitative estimate of drug-likeness (QED) is 0.893. The van der Waals surface area contributed by atoms with E-state index in [9.17, 15) is 0 Å². The number of benzene rings is 1. The first-order valence-corrected chi connectivity index (χ1v) is 8.60. The van der Waals surface area contributed by atoms with E-state index in [4.69, 9.17) is 4.98 Å². The first-order valence-electron chi connectivity index (χ1n) is 7.72. The summed E-state index contributed by atoms with van der Waals surface area (Å²) in [4.78, 5) is 4.70. The third kappa shape index (κ3) is 3.53. The van der Waals surface area contributed by atoms with Crippen LogP contribution in [-0.2, 0) is 5.41 Å². The minimum atomic E-state index is 0.204. The molecule has 1 aliphatic carbocycles. The Kier molecular flexibility index (Phi) is 3.89. The van der Waals surface area contributed by atoms with Gasteiger partial charge in [-0.15, -0.1) is 11.3 Å². The second-order valence-corrected chi connectivity index (χ2v) is 7.96. The first kappa shape index (κ1) is 14.7. The number of nitrogens with zero attached hydrogens (tertiary/aromatic N) is 1. The number of aromatic nitrogens is 1. The van der Waals surface area contributed by atoms with Crippen molar-refractivity contribution in [2.45, 2.75) is 58.0 Å². The summed E-state index contributed by atoms with van der Waals surface area (Å²) in [6, 6.07) is 9.95. The molecule has 1 N–H and O–H groups in total. The molecule has 21 heavy (non-hydrogen) atoms. The third-order valence-corrected chi connectivity index (χ3v) is 5.00. The van der Waals surface area contributed by atoms with Crippen molar-refractivity contribution in [1.82, 2.24) is 10.3 Å². The van der Waals surface area contributed by atoms with Gasteiger partial charge in [-0.2, -0.15) is 0 Å². The normalized spacial score (nSPS) is 17.0. The highest BCUT2D eigenvalue weighted by Gasteiger charge is 2.28. The summed E-state index contributed by atoms with van der Waals surface area (Å²) in [6.07, 6.45) is 2.59. The van der Waals surface area contributed by atoms with E-state index in [1.807, 2.05) is 0 Å². The SMILES string of the molecule is Cc1csc(C(NC2CC2)c2ccc(C(C)(C)C)cc2)n1. The molecule has 1 unspecified atom stereocenters. The highest BCUT2D eigenvalue weighted by atomic mass is 32.1. The van der Waals surface area contributed by atoms with Crippen molar-refractivity contribution in [3.8, 4) is 0 Å². The Bertz CT molecular complexity index is 603. The molecule has 3 heteroatoms. The zero-order valence-electron chi connectivity index (χ0n) is 13.3. The number of thiazole rings is 1. The number of nitrogens with one attached hydrogen (secondary N) is 1. The second kappa shape index (κ2) is 5.54. The molecule has 1 aliphatic rings. The molecule has 1 heterocycles. The van der Waals surface area contributed by atoms with Gasteiger partial charge in [0.1, 0.15) is 5.01 Å². The Hall–Kier alpha value is -1.19. The van der Waals surface area contributed by atoms with Gasteiger partial charge in [0.15, 0.2) is 0 Å². The molecule has 2 aromatic rings. The van der Waals surface area contributed by atoms with Crippen molar-refractivity contribution < 1.29 is 0 Å². The van der Waals surface area contributed by atoms with Gasteiger partial charge in [-0.1, -0.05) is 45.0 Å². The van der Waals surface area contributed by atoms with Crippen LogP contribution in [0.5, 0.6) is 0 Å². The molecule has 1 aromatic carbocycles. The van der Waals surface area contributed by atoms with Crippen LogP contribution in [-0.4, -0.2) is 11.0 Å². The van der Waals surface area contributed by atoms with Gasteiger partial charge in [0.05, 0.1) is 6.04 Å². The van der Waals surface area contributed by atoms with Crippen LogP contribution in [0.1, 0.15) is 61.5 Å². The molecule has 0 bridgehead atoms. The summed E-state index contributed by atoms with van der Waals surface area (Å²) in [5.74, 6) is 0. The van der Waals surface area contributed by atoms with Crippen LogP contribution in [0.15, 0.2) is 29.6 Å². The van der Waals surface area contributed by atoms with E-state index in [1.165, 1.54) is 29.0 Å². The predicted molar refractivity (Wildman–Crippen MR) is 90.0 cm³/mol. The lowest BCUT2D eigenvalue weighted by Gasteiger charge is -2.21. The molecule has 0 spiro atoms. The first-order chi connectivity index (χ1) is 9.93. The molecule has 3 rings (SSSR count). The van der Waals surface area contributed by atoms with Crippen LogP contribution in [0.2, 0.25) is 0 Å². The molecule has 2 nitrogen and oxygen atoms in total. The molecule has 1 saturated carbocycles. The van der Waals surface area contributed by atoms with E-state index >= 15 is 0 Å². The lowest BCUT2D eigenvalue weighted by molar-refractivity contribution is 0.583. The maximum atomic E-state index is 4.70. The van der Waals surface area contributed by atoms with Gasteiger partial charge in [-0.3, -0.25) is 0 Å². The third-order valence-electron chi connectivity index (χ3n) is 3.97. The summed E-state index contributed by atoms with van der Waals surface area (Å²) in [5.41, 5.74) is 4.02. The smallest absolute Gasteiger partial charge is 0.114 e. The van der Waals surface area contributed by atoms with Crippen molar-refractivity contribution in [1.29, 1.82) is 0 Å². The van der Waals surface area contributed by atoms with Crippen LogP contribution in [0.4, 0.5) is 0 Å². The molecule has 1 aromatic heterocycles. The lowest BCUT2D eigenvalue weighted by Crippen LogP contribution is -2.24. The van der Waals surface area contributed by atoms with Gasteiger partial charge in [0.2, 0.25) is 0 Å². The zero-order valence-corrected chi connectivity index (χ0v) is 14.1. The molecule has 0 saturated heterocycles. The monoisotopic (exact) mass is 300 g/mol. The lowest BCUT2D eigenvalue weighted by atomic mass is 9.86. The summed E-state index contributed by atoms with van der Waals surface area (Å²) in [7, 11) is 0. The second-order valence-electron chi connectivity index (χ2n) is 7.07. The van der Waals surface area contributed by atoms with Crippen LogP contribution < -0.4 is 5.32 Å². The van der Waals surface area contributed by atoms with Crippen molar-refractivity contribution >= 4 is 11.3 Å². The highest BCUT2D eigenvalue weighted by molar-refractivity contribution is 7.09. The van der Waals surface area contributed by atoms with Crippen molar-refractivity contribution in [3.63, 3.8) is 0 Å². The summed E-state index contributed by atoms with van der Waals surface area (Å²) in [6.45, 7) is 8.83. The summed E-state index contributed by atoms with van der Waals surface area (Å²) < 4.78 is 0. The minimum absolute atomic E-state index is 0.204. The average Bonchev–Trinajstić information content (AvgIpc) is 3.16. The highest BCUT2D eigenvalue weighted by Crippen LogP contribution is 2.31. The van der Waals surface area contributed by atoms with Crippen LogP contribution >= 0.6 is 11.3 Å². The predicted octanol–water partition coefficient (Wildman–Crippen LogP) is 4.59. The molecular weight excluding hydrogens is 276 g/mol. The molecule has 0 amide bonds. The van der Waals surface area contributed by atoms with E-state index in [0.29, 0.717) is 6.04 Å². The van der Waals surface area contributed by atoms with Crippen LogP contribution in [0.3, 0.4) is 0 Å². The van der Waals surface area contributed by atoms with Crippen LogP contribution in [0, 0.1) is 6.92 Å². The van der Waals surface area contributed by atoms with E-state index in [0.717, 1.165) is 5.69 Å². The number of aryl methyl sites for hydroxylation is 1. The topological polar surface area (TPSA) is 24.9 Å². The Balaban J connectivity index is 1.88. The van der Waals surface area contributed by atoms with Gasteiger partial charge in [-0.25, -0.2) is 4.98 Å². The average molecular weight is 300 g/mol. The fourth-order valence-corrected chi connectivity index (χ4v) is 3.36. The molecule has 1 fully saturated rings. The molecule has 0 aliphatic heterocycles. The Labute approximate surface area is 131 Å². The van der Waals surface area contributed by atoms with E-state index in [1.54, 1.807) is 11.3 Å². The maximum Gasteiger partial charge on any atom is 0.114 e. The van der Waals surface area contributed by atoms with E-state index < -0.39 is 0 Å². The van der Waals surface area contributed by atoms with Gasteiger partial charge in [0.25, 0.3) is 0 Å². The largest absolute Gasteiger partial charge is 0.301 e. The fraction of sp³-hybridized carbons (Fsp3) is 0.500. The number of hydrogen-bond acceptors (Lipinski definition) is 3. The Morgan fingerprint density at radius 2 is 1.86 bits per heavy atom. The summed E-state index contributed by atoms with van der Waals surface area (Å²) in [5, 5.41) is 7.07. The Morgan fingerprint density at radius 3 is 2.33 bits per heavy atom. The van der Waals surface area contributed by atoms with Crippen LogP contribution in [0.25, 0.3) is 0 Å². The molecule has 1 atom stereocenters. The maximum absolute atomic E-state index is 4.70. The van der Waals surface area contributed by atoms with Gasteiger partial charge in [0, 0.05) is 17.1 Å². The summed E-state index contributed by atoms with van der Waals surface area (Å²) >= 11 is 1.76. The number of rotatable bonds is 4. The minimum Gasteiger partial charge on any atom is -0.301 e. The molecular formula is C18H24N2S. The van der Waals surface area contributed by atoms with E-state index in [2.05, 4.69) is 62.7 Å². The fourth-order valence-electron chi connectivity index (χ4n) is 2.48. The van der Waals surface area contributed by atoms with E-state index in [-0.39, 0.29) is 11.5 Å². The molecule has 112 valence electrons. The van der Waals surface area contributed by atoms with Gasteiger partial charge >= 0.3 is 0 Å². The Morgan fingerprint density at radius 1 is 1.19 bits per heavy atom. The standard InChI is InChI=1S/C18H24N2S/c1-12-11-21-17(19-12)16(20-15-9-10-15)13-5-7-14(8-6-13)18(2,3)4/h5-8,11,15-16,20H,9-10H2,1-4H3. The van der Waals surface area contributed by atoms with Gasteiger partial charge in [-0.05, 0) is 36.3 Å². The number of hydrogen-bond donors (Lipinski definition) is 1. The zero-order chi connectivity index (χ0) is 15.0. The van der Waals surface area contributed by atoms with Gasteiger partial charge < -0.3 is 5.32 Å². The van der Waals surface area contributed by atoms with Crippen molar-refractivity contribution in [2.24, 2.45) is 0 Å². The molecule has 0 radical (unpaired) electrons. The van der Waals surface area contributed by atoms with Crippen molar-refractivity contribution in [2.75, 3.05) is 0 Å². The van der Waals surface area contributed by atoms with Crippen molar-refractivity contribution in [3.05, 3.63) is 51.5 Å².